The van der Waals surface area contributed by atoms with Crippen molar-refractivity contribution >= 4 is 15.9 Å². The van der Waals surface area contributed by atoms with E-state index < -0.39 is 0 Å². The van der Waals surface area contributed by atoms with Gasteiger partial charge in [0.05, 0.1) is 7.11 Å². The third kappa shape index (κ3) is 3.53. The molecule has 1 atom stereocenters. The van der Waals surface area contributed by atoms with Crippen LogP contribution in [0.2, 0.25) is 0 Å². The van der Waals surface area contributed by atoms with Gasteiger partial charge in [-0.2, -0.15) is 0 Å². The van der Waals surface area contributed by atoms with Crippen LogP contribution in [0.5, 0.6) is 5.75 Å². The van der Waals surface area contributed by atoms with Gasteiger partial charge in [0.1, 0.15) is 5.75 Å². The normalized spacial score (nSPS) is 12.9. The van der Waals surface area contributed by atoms with Crippen LogP contribution in [0.25, 0.3) is 0 Å². The van der Waals surface area contributed by atoms with Crippen LogP contribution in [0.15, 0.2) is 18.2 Å². The number of alkyl halides is 1. The number of methoxy groups -OCH3 is 1. The van der Waals surface area contributed by atoms with Crippen molar-refractivity contribution in [2.75, 3.05) is 7.11 Å². The highest BCUT2D eigenvalue weighted by molar-refractivity contribution is 9.09. The minimum atomic E-state index is 0.382. The molecule has 0 aromatic heterocycles. The van der Waals surface area contributed by atoms with E-state index in [-0.39, 0.29) is 0 Å². The predicted octanol–water partition coefficient (Wildman–Crippen LogP) is 4.49. The van der Waals surface area contributed by atoms with Gasteiger partial charge in [-0.05, 0) is 25.3 Å². The molecule has 0 fully saturated rings. The Morgan fingerprint density at radius 3 is 2.53 bits per heavy atom. The lowest BCUT2D eigenvalue weighted by Gasteiger charge is -2.16. The summed E-state index contributed by atoms with van der Waals surface area (Å²) in [6.45, 7) is 6.57. The minimum Gasteiger partial charge on any atom is -0.496 e. The molecular weight excluding hydrogens is 252 g/mol. The fraction of sp³-hybridized carbons (Fsp3) is 0.538. The lowest BCUT2D eigenvalue weighted by atomic mass is 10.0. The average molecular weight is 271 g/mol. The summed E-state index contributed by atoms with van der Waals surface area (Å²) in [6.07, 6.45) is 1.12. The van der Waals surface area contributed by atoms with Crippen LogP contribution in [0.1, 0.15) is 36.2 Å². The summed E-state index contributed by atoms with van der Waals surface area (Å²) in [4.78, 5) is 0.382. The zero-order valence-electron chi connectivity index (χ0n) is 9.88. The molecule has 0 aliphatic rings. The molecule has 0 saturated heterocycles. The Labute approximate surface area is 101 Å². The zero-order chi connectivity index (χ0) is 11.4. The van der Waals surface area contributed by atoms with Gasteiger partial charge in [-0.25, -0.2) is 0 Å². The Kier molecular flexibility index (Phi) is 4.65. The van der Waals surface area contributed by atoms with E-state index in [1.54, 1.807) is 7.11 Å². The van der Waals surface area contributed by atoms with Gasteiger partial charge in [0.25, 0.3) is 0 Å². The van der Waals surface area contributed by atoms with Crippen molar-refractivity contribution in [1.29, 1.82) is 0 Å². The number of halogens is 1. The Bertz CT molecular complexity index is 320. The summed E-state index contributed by atoms with van der Waals surface area (Å²) >= 11 is 3.73. The fourth-order valence-electron chi connectivity index (χ4n) is 1.64. The molecule has 0 heterocycles. The van der Waals surface area contributed by atoms with Gasteiger partial charge in [0, 0.05) is 10.4 Å². The van der Waals surface area contributed by atoms with Crippen LogP contribution in [-0.2, 0) is 0 Å². The lowest BCUT2D eigenvalue weighted by Crippen LogP contribution is -1.99. The number of aryl methyl sites for hydroxylation is 1. The number of rotatable bonds is 4. The van der Waals surface area contributed by atoms with Crippen molar-refractivity contribution < 1.29 is 4.74 Å². The van der Waals surface area contributed by atoms with E-state index in [9.17, 15) is 0 Å². The SMILES string of the molecule is COc1ccc(C)cc1C(Br)CC(C)C. The molecule has 1 rings (SSSR count). The van der Waals surface area contributed by atoms with Crippen molar-refractivity contribution in [3.05, 3.63) is 29.3 Å². The number of ether oxygens (including phenoxy) is 1. The van der Waals surface area contributed by atoms with Gasteiger partial charge in [0.15, 0.2) is 0 Å². The summed E-state index contributed by atoms with van der Waals surface area (Å²) in [5, 5.41) is 0. The third-order valence-corrected chi connectivity index (χ3v) is 3.27. The smallest absolute Gasteiger partial charge is 0.123 e. The molecule has 0 spiro atoms. The molecule has 1 aromatic carbocycles. The maximum Gasteiger partial charge on any atom is 0.123 e. The zero-order valence-corrected chi connectivity index (χ0v) is 11.5. The number of hydrogen-bond acceptors (Lipinski definition) is 1. The molecule has 0 amide bonds. The molecule has 0 aliphatic heterocycles. The summed E-state index contributed by atoms with van der Waals surface area (Å²) in [7, 11) is 1.73. The summed E-state index contributed by atoms with van der Waals surface area (Å²) in [6, 6.07) is 6.32. The molecular formula is C13H19BrO. The first-order chi connectivity index (χ1) is 7.04. The third-order valence-electron chi connectivity index (χ3n) is 2.40. The molecule has 1 unspecified atom stereocenters. The van der Waals surface area contributed by atoms with Gasteiger partial charge in [0.2, 0.25) is 0 Å². The van der Waals surface area contributed by atoms with Crippen molar-refractivity contribution in [3.8, 4) is 5.75 Å². The maximum absolute atomic E-state index is 5.37. The number of hydrogen-bond donors (Lipinski definition) is 0. The highest BCUT2D eigenvalue weighted by atomic mass is 79.9. The molecule has 0 N–H and O–H groups in total. The Hall–Kier alpha value is -0.500. The van der Waals surface area contributed by atoms with Gasteiger partial charge < -0.3 is 4.74 Å². The monoisotopic (exact) mass is 270 g/mol. The van der Waals surface area contributed by atoms with Crippen LogP contribution in [0, 0.1) is 12.8 Å². The Balaban J connectivity index is 2.94. The summed E-state index contributed by atoms with van der Waals surface area (Å²) in [5.74, 6) is 1.66. The predicted molar refractivity (Wildman–Crippen MR) is 68.9 cm³/mol. The summed E-state index contributed by atoms with van der Waals surface area (Å²) < 4.78 is 5.37. The van der Waals surface area contributed by atoms with Crippen LogP contribution in [-0.4, -0.2) is 7.11 Å². The second-order valence-electron chi connectivity index (χ2n) is 4.34. The van der Waals surface area contributed by atoms with Crippen LogP contribution in [0.4, 0.5) is 0 Å². The van der Waals surface area contributed by atoms with Crippen LogP contribution < -0.4 is 4.74 Å². The van der Waals surface area contributed by atoms with Gasteiger partial charge in [-0.3, -0.25) is 0 Å². The maximum atomic E-state index is 5.37. The van der Waals surface area contributed by atoms with Gasteiger partial charge in [-0.1, -0.05) is 47.5 Å². The molecule has 0 saturated carbocycles. The quantitative estimate of drug-likeness (QED) is 0.733. The van der Waals surface area contributed by atoms with Crippen LogP contribution >= 0.6 is 15.9 Å². The van der Waals surface area contributed by atoms with Crippen LogP contribution in [0.3, 0.4) is 0 Å². The van der Waals surface area contributed by atoms with E-state index in [0.29, 0.717) is 10.7 Å². The molecule has 15 heavy (non-hydrogen) atoms. The van der Waals surface area contributed by atoms with E-state index >= 15 is 0 Å². The van der Waals surface area contributed by atoms with Gasteiger partial charge >= 0.3 is 0 Å². The molecule has 1 aromatic rings. The molecule has 2 heteroatoms. The second kappa shape index (κ2) is 5.55. The summed E-state index contributed by atoms with van der Waals surface area (Å²) in [5.41, 5.74) is 2.53. The number of benzene rings is 1. The average Bonchev–Trinajstić information content (AvgIpc) is 2.16. The van der Waals surface area contributed by atoms with Crippen molar-refractivity contribution in [2.24, 2.45) is 5.92 Å². The molecule has 84 valence electrons. The van der Waals surface area contributed by atoms with Crippen molar-refractivity contribution in [1.82, 2.24) is 0 Å². The van der Waals surface area contributed by atoms with E-state index in [1.165, 1.54) is 11.1 Å². The molecule has 0 bridgehead atoms. The molecule has 1 nitrogen and oxygen atoms in total. The minimum absolute atomic E-state index is 0.382. The van der Waals surface area contributed by atoms with Crippen molar-refractivity contribution in [3.63, 3.8) is 0 Å². The standard InChI is InChI=1S/C13H19BrO/c1-9(2)7-12(14)11-8-10(3)5-6-13(11)15-4/h5-6,8-9,12H,7H2,1-4H3. The first-order valence-corrected chi connectivity index (χ1v) is 6.24. The highest BCUT2D eigenvalue weighted by Gasteiger charge is 2.14. The lowest BCUT2D eigenvalue weighted by molar-refractivity contribution is 0.407. The fourth-order valence-corrected chi connectivity index (χ4v) is 2.74. The highest BCUT2D eigenvalue weighted by Crippen LogP contribution is 2.36. The first-order valence-electron chi connectivity index (χ1n) is 5.33. The van der Waals surface area contributed by atoms with E-state index in [0.717, 1.165) is 12.2 Å². The van der Waals surface area contributed by atoms with Gasteiger partial charge in [-0.15, -0.1) is 0 Å². The second-order valence-corrected chi connectivity index (χ2v) is 5.45. The Morgan fingerprint density at radius 1 is 1.33 bits per heavy atom. The molecule has 0 radical (unpaired) electrons. The topological polar surface area (TPSA) is 9.23 Å². The first kappa shape index (κ1) is 12.6. The van der Waals surface area contributed by atoms with E-state index in [2.05, 4.69) is 48.8 Å². The van der Waals surface area contributed by atoms with E-state index in [1.807, 2.05) is 6.07 Å². The Morgan fingerprint density at radius 2 is 2.00 bits per heavy atom. The largest absolute Gasteiger partial charge is 0.496 e. The van der Waals surface area contributed by atoms with E-state index in [4.69, 9.17) is 4.74 Å². The van der Waals surface area contributed by atoms with Crippen molar-refractivity contribution in [2.45, 2.75) is 32.0 Å². The molecule has 0 aliphatic carbocycles.